The van der Waals surface area contributed by atoms with Gasteiger partial charge in [-0.25, -0.2) is 4.98 Å². The molecule has 1 N–H and O–H groups in total. The average Bonchev–Trinajstić information content (AvgIpc) is 3.32. The van der Waals surface area contributed by atoms with Gasteiger partial charge in [0.2, 0.25) is 5.91 Å². The quantitative estimate of drug-likeness (QED) is 0.656. The number of nitrogens with one attached hydrogen (secondary N) is 1. The van der Waals surface area contributed by atoms with Gasteiger partial charge in [-0.05, 0) is 62.6 Å². The van der Waals surface area contributed by atoms with Gasteiger partial charge in [-0.15, -0.1) is 0 Å². The molecule has 3 aromatic rings. The van der Waals surface area contributed by atoms with Crippen LogP contribution in [0.4, 0.5) is 0 Å². The summed E-state index contributed by atoms with van der Waals surface area (Å²) in [6.07, 6.45) is 5.53. The number of para-hydroxylation sites is 2. The van der Waals surface area contributed by atoms with Crippen molar-refractivity contribution in [2.45, 2.75) is 38.8 Å². The van der Waals surface area contributed by atoms with Crippen LogP contribution in [0, 0.1) is 0 Å². The minimum Gasteiger partial charge on any atom is -0.491 e. The lowest BCUT2D eigenvalue weighted by atomic mass is 10.2. The van der Waals surface area contributed by atoms with Gasteiger partial charge in [0.1, 0.15) is 11.6 Å². The number of rotatable bonds is 5. The highest BCUT2D eigenvalue weighted by Crippen LogP contribution is 2.31. The monoisotopic (exact) mass is 375 g/mol. The normalized spacial score (nSPS) is 17.1. The number of fused-ring (bicyclic) bond motifs is 1. The minimum absolute atomic E-state index is 0.000147. The number of H-pyrrole nitrogens is 1. The molecule has 0 spiro atoms. The van der Waals surface area contributed by atoms with Gasteiger partial charge < -0.3 is 14.6 Å². The maximum Gasteiger partial charge on any atom is 0.247 e. The van der Waals surface area contributed by atoms with Crippen molar-refractivity contribution in [1.29, 1.82) is 0 Å². The number of amides is 1. The summed E-state index contributed by atoms with van der Waals surface area (Å²) in [6, 6.07) is 15.8. The Balaban J connectivity index is 1.50. The molecule has 1 fully saturated rings. The van der Waals surface area contributed by atoms with E-state index in [0.29, 0.717) is 0 Å². The van der Waals surface area contributed by atoms with Gasteiger partial charge in [0.15, 0.2) is 0 Å². The van der Waals surface area contributed by atoms with Crippen molar-refractivity contribution in [2.24, 2.45) is 0 Å². The Morgan fingerprint density at radius 3 is 2.93 bits per heavy atom. The molecule has 1 amide bonds. The molecular weight excluding hydrogens is 350 g/mol. The predicted molar refractivity (Wildman–Crippen MR) is 111 cm³/mol. The zero-order valence-corrected chi connectivity index (χ0v) is 16.3. The van der Waals surface area contributed by atoms with E-state index in [1.807, 2.05) is 73.4 Å². The second kappa shape index (κ2) is 7.89. The van der Waals surface area contributed by atoms with Crippen LogP contribution < -0.4 is 4.74 Å². The lowest BCUT2D eigenvalue weighted by molar-refractivity contribution is -0.126. The lowest BCUT2D eigenvalue weighted by Gasteiger charge is -2.21. The summed E-state index contributed by atoms with van der Waals surface area (Å²) in [5, 5.41) is 0. The number of ether oxygens (including phenoxy) is 1. The Morgan fingerprint density at radius 2 is 2.11 bits per heavy atom. The fourth-order valence-electron chi connectivity index (χ4n) is 3.67. The second-order valence-corrected chi connectivity index (χ2v) is 7.40. The number of aromatic nitrogens is 2. The lowest BCUT2D eigenvalue weighted by Crippen LogP contribution is -2.29. The molecule has 0 saturated carbocycles. The zero-order valence-electron chi connectivity index (χ0n) is 16.3. The molecule has 144 valence electrons. The molecule has 5 nitrogen and oxygen atoms in total. The molecule has 5 heteroatoms. The van der Waals surface area contributed by atoms with Crippen LogP contribution in [0.3, 0.4) is 0 Å². The van der Waals surface area contributed by atoms with E-state index in [2.05, 4.69) is 4.98 Å². The topological polar surface area (TPSA) is 58.2 Å². The Bertz CT molecular complexity index is 973. The third kappa shape index (κ3) is 3.93. The van der Waals surface area contributed by atoms with Crippen molar-refractivity contribution in [3.05, 3.63) is 66.0 Å². The molecule has 4 rings (SSSR count). The number of imidazole rings is 1. The summed E-state index contributed by atoms with van der Waals surface area (Å²) in [7, 11) is 0. The zero-order chi connectivity index (χ0) is 19.5. The SMILES string of the molecule is CC(C)Oc1cccc(/C=C/C(=O)N2CCCC2c2nc3ccccc3[nH]2)c1. The van der Waals surface area contributed by atoms with Crippen LogP contribution in [0.15, 0.2) is 54.6 Å². The van der Waals surface area contributed by atoms with Crippen LogP contribution in [0.25, 0.3) is 17.1 Å². The summed E-state index contributed by atoms with van der Waals surface area (Å²) < 4.78 is 5.72. The molecule has 1 unspecified atom stereocenters. The number of carbonyl (C=O) groups excluding carboxylic acids is 1. The first-order valence-corrected chi connectivity index (χ1v) is 9.80. The van der Waals surface area contributed by atoms with E-state index < -0.39 is 0 Å². The van der Waals surface area contributed by atoms with E-state index >= 15 is 0 Å². The van der Waals surface area contributed by atoms with Crippen LogP contribution in [0.5, 0.6) is 5.75 Å². The van der Waals surface area contributed by atoms with Crippen LogP contribution in [-0.2, 0) is 4.79 Å². The largest absolute Gasteiger partial charge is 0.491 e. The molecule has 0 aliphatic carbocycles. The number of benzene rings is 2. The first-order chi connectivity index (χ1) is 13.6. The molecule has 1 saturated heterocycles. The van der Waals surface area contributed by atoms with Gasteiger partial charge in [-0.3, -0.25) is 4.79 Å². The van der Waals surface area contributed by atoms with Crippen molar-refractivity contribution in [3.8, 4) is 5.75 Å². The smallest absolute Gasteiger partial charge is 0.247 e. The van der Waals surface area contributed by atoms with E-state index in [-0.39, 0.29) is 18.1 Å². The molecule has 1 aliphatic rings. The fourth-order valence-corrected chi connectivity index (χ4v) is 3.67. The van der Waals surface area contributed by atoms with Crippen molar-refractivity contribution in [2.75, 3.05) is 6.54 Å². The third-order valence-corrected chi connectivity index (χ3v) is 4.91. The van der Waals surface area contributed by atoms with E-state index in [1.165, 1.54) is 0 Å². The highest BCUT2D eigenvalue weighted by molar-refractivity contribution is 5.92. The Kier molecular flexibility index (Phi) is 5.15. The molecule has 2 aromatic carbocycles. The molecule has 2 heterocycles. The highest BCUT2D eigenvalue weighted by Gasteiger charge is 2.31. The van der Waals surface area contributed by atoms with Gasteiger partial charge in [0.05, 0.1) is 23.2 Å². The summed E-state index contributed by atoms with van der Waals surface area (Å²) >= 11 is 0. The van der Waals surface area contributed by atoms with Crippen LogP contribution >= 0.6 is 0 Å². The summed E-state index contributed by atoms with van der Waals surface area (Å²) in [4.78, 5) is 22.8. The van der Waals surface area contributed by atoms with Gasteiger partial charge in [-0.2, -0.15) is 0 Å². The number of nitrogens with zero attached hydrogens (tertiary/aromatic N) is 2. The number of hydrogen-bond acceptors (Lipinski definition) is 3. The molecular formula is C23H25N3O2. The van der Waals surface area contributed by atoms with Crippen LogP contribution in [-0.4, -0.2) is 33.4 Å². The van der Waals surface area contributed by atoms with Gasteiger partial charge in [0.25, 0.3) is 0 Å². The molecule has 0 bridgehead atoms. The van der Waals surface area contributed by atoms with Gasteiger partial charge >= 0.3 is 0 Å². The number of likely N-dealkylation sites (tertiary alicyclic amines) is 1. The highest BCUT2D eigenvalue weighted by atomic mass is 16.5. The Morgan fingerprint density at radius 1 is 1.25 bits per heavy atom. The van der Waals surface area contributed by atoms with Crippen LogP contribution in [0.1, 0.15) is 44.1 Å². The fraction of sp³-hybridized carbons (Fsp3) is 0.304. The molecule has 28 heavy (non-hydrogen) atoms. The van der Waals surface area contributed by atoms with Crippen molar-refractivity contribution < 1.29 is 9.53 Å². The minimum atomic E-state index is 0.000147. The van der Waals surface area contributed by atoms with Gasteiger partial charge in [0, 0.05) is 12.6 Å². The predicted octanol–water partition coefficient (Wildman–Crippen LogP) is 4.73. The second-order valence-electron chi connectivity index (χ2n) is 7.40. The van der Waals surface area contributed by atoms with E-state index in [4.69, 9.17) is 9.72 Å². The molecule has 0 radical (unpaired) electrons. The standard InChI is InChI=1S/C23H25N3O2/c1-16(2)28-18-8-5-7-17(15-18)12-13-22(27)26-14-6-11-21(26)23-24-19-9-3-4-10-20(19)25-23/h3-5,7-10,12-13,15-16,21H,6,11,14H2,1-2H3,(H,24,25)/b13-12+. The number of carbonyl (C=O) groups is 1. The summed E-state index contributed by atoms with van der Waals surface area (Å²) in [5.74, 6) is 1.69. The number of aromatic amines is 1. The van der Waals surface area contributed by atoms with Gasteiger partial charge in [-0.1, -0.05) is 24.3 Å². The summed E-state index contributed by atoms with van der Waals surface area (Å²) in [6.45, 7) is 4.75. The van der Waals surface area contributed by atoms with Crippen molar-refractivity contribution in [3.63, 3.8) is 0 Å². The van der Waals surface area contributed by atoms with Crippen LogP contribution in [0.2, 0.25) is 0 Å². The summed E-state index contributed by atoms with van der Waals surface area (Å²) in [5.41, 5.74) is 2.90. The van der Waals surface area contributed by atoms with Crippen molar-refractivity contribution >= 4 is 23.0 Å². The van der Waals surface area contributed by atoms with E-state index in [1.54, 1.807) is 6.08 Å². The molecule has 1 atom stereocenters. The molecule has 1 aliphatic heterocycles. The third-order valence-electron chi connectivity index (χ3n) is 4.91. The maximum absolute atomic E-state index is 12.8. The first kappa shape index (κ1) is 18.3. The maximum atomic E-state index is 12.8. The number of hydrogen-bond donors (Lipinski definition) is 1. The first-order valence-electron chi connectivity index (χ1n) is 9.80. The Hall–Kier alpha value is -3.08. The Labute approximate surface area is 165 Å². The molecule has 1 aromatic heterocycles. The van der Waals surface area contributed by atoms with E-state index in [0.717, 1.165) is 47.6 Å². The average molecular weight is 375 g/mol. The van der Waals surface area contributed by atoms with E-state index in [9.17, 15) is 4.79 Å². The van der Waals surface area contributed by atoms with Crippen molar-refractivity contribution in [1.82, 2.24) is 14.9 Å².